The summed E-state index contributed by atoms with van der Waals surface area (Å²) in [6.07, 6.45) is 77.9. The Morgan fingerprint density at radius 1 is 0.300 bits per heavy atom. The Morgan fingerprint density at radius 2 is 0.557 bits per heavy atom. The normalized spacial score (nSPS) is 12.9. The minimum atomic E-state index is -0.800. The van der Waals surface area contributed by atoms with Crippen molar-refractivity contribution in [1.29, 1.82) is 0 Å². The van der Waals surface area contributed by atoms with Gasteiger partial charge in [0.25, 0.3) is 0 Å². The molecule has 0 rings (SSSR count). The van der Waals surface area contributed by atoms with Crippen LogP contribution in [0.1, 0.15) is 258 Å². The summed E-state index contributed by atoms with van der Waals surface area (Å²) < 4.78 is 16.8. The second-order valence-corrected chi connectivity index (χ2v) is 18.8. The molecule has 0 fully saturated rings. The first kappa shape index (κ1) is 66.1. The molecule has 0 aromatic rings. The molecule has 0 aromatic heterocycles. The number of carbonyl (C=O) groups is 3. The average Bonchev–Trinajstić information content (AvgIpc) is 3.36. The lowest BCUT2D eigenvalue weighted by molar-refractivity contribution is -0.167. The number of ether oxygens (including phenoxy) is 3. The van der Waals surface area contributed by atoms with Crippen molar-refractivity contribution in [2.24, 2.45) is 0 Å². The molecule has 0 aliphatic rings. The molecule has 0 amide bonds. The number of hydrogen-bond donors (Lipinski definition) is 0. The Labute approximate surface area is 431 Å². The van der Waals surface area contributed by atoms with Crippen LogP contribution in [0, 0.1) is 0 Å². The van der Waals surface area contributed by atoms with Gasteiger partial charge in [0.2, 0.25) is 0 Å². The van der Waals surface area contributed by atoms with Crippen LogP contribution < -0.4 is 0 Å². The van der Waals surface area contributed by atoms with Crippen molar-refractivity contribution >= 4 is 17.9 Å². The van der Waals surface area contributed by atoms with E-state index in [-0.39, 0.29) is 31.1 Å². The van der Waals surface area contributed by atoms with Crippen molar-refractivity contribution in [3.8, 4) is 0 Å². The summed E-state index contributed by atoms with van der Waals surface area (Å²) in [5, 5.41) is 0. The van der Waals surface area contributed by atoms with Crippen molar-refractivity contribution < 1.29 is 28.6 Å². The largest absolute Gasteiger partial charge is 0.462 e. The number of allylic oxidation sites excluding steroid dienone is 18. The van der Waals surface area contributed by atoms with Gasteiger partial charge in [-0.3, -0.25) is 14.4 Å². The predicted octanol–water partition coefficient (Wildman–Crippen LogP) is 19.5. The highest BCUT2D eigenvalue weighted by Crippen LogP contribution is 2.15. The monoisotopic (exact) mass is 971 g/mol. The molecule has 0 aliphatic heterocycles. The van der Waals surface area contributed by atoms with E-state index in [1.807, 2.05) is 0 Å². The zero-order chi connectivity index (χ0) is 50.7. The van der Waals surface area contributed by atoms with Crippen LogP contribution in [-0.4, -0.2) is 37.2 Å². The summed E-state index contributed by atoms with van der Waals surface area (Å²) in [5.41, 5.74) is 0. The maximum atomic E-state index is 12.9. The molecule has 0 radical (unpaired) electrons. The van der Waals surface area contributed by atoms with E-state index in [0.29, 0.717) is 19.3 Å². The maximum Gasteiger partial charge on any atom is 0.306 e. The lowest BCUT2D eigenvalue weighted by atomic mass is 10.1. The second kappa shape index (κ2) is 57.6. The maximum absolute atomic E-state index is 12.9. The van der Waals surface area contributed by atoms with Crippen LogP contribution in [0.3, 0.4) is 0 Å². The molecule has 0 bridgehead atoms. The molecule has 70 heavy (non-hydrogen) atoms. The van der Waals surface area contributed by atoms with Gasteiger partial charge in [-0.25, -0.2) is 0 Å². The van der Waals surface area contributed by atoms with Gasteiger partial charge in [-0.05, 0) is 122 Å². The standard InChI is InChI=1S/C64H106O6/c1-4-7-10-13-16-19-22-25-28-31-32-34-36-39-42-45-48-51-54-57-63(66)69-60-61(59-68-62(65)56-53-50-47-44-41-38-35-30-27-24-21-18-15-12-9-6-3)70-64(67)58-55-52-49-46-43-40-37-33-29-26-23-20-17-14-11-8-5-2/h7,9-10,12,16-21,25-30,38,41,61H,4-6,8,11,13-15,22-24,31-37,39-40,42-60H2,1-3H3/b10-7-,12-9-,19-16-,20-17-,21-18-,28-25-,29-26-,30-27-,41-38-. The topological polar surface area (TPSA) is 78.9 Å². The summed E-state index contributed by atoms with van der Waals surface area (Å²) in [7, 11) is 0. The van der Waals surface area contributed by atoms with Gasteiger partial charge in [-0.1, -0.05) is 226 Å². The highest BCUT2D eigenvalue weighted by molar-refractivity contribution is 5.71. The summed E-state index contributed by atoms with van der Waals surface area (Å²) >= 11 is 0. The Bertz CT molecular complexity index is 1440. The number of unbranched alkanes of at least 4 members (excludes halogenated alkanes) is 22. The van der Waals surface area contributed by atoms with Gasteiger partial charge in [0.05, 0.1) is 0 Å². The van der Waals surface area contributed by atoms with E-state index in [9.17, 15) is 14.4 Å². The molecule has 0 saturated heterocycles. The number of hydrogen-bond acceptors (Lipinski definition) is 6. The Balaban J connectivity index is 4.46. The fraction of sp³-hybridized carbons (Fsp3) is 0.672. The van der Waals surface area contributed by atoms with Gasteiger partial charge in [-0.15, -0.1) is 0 Å². The molecule has 0 aromatic carbocycles. The third-order valence-corrected chi connectivity index (χ3v) is 12.0. The summed E-state index contributed by atoms with van der Waals surface area (Å²) in [6.45, 7) is 6.36. The van der Waals surface area contributed by atoms with Crippen LogP contribution in [0.25, 0.3) is 0 Å². The zero-order valence-electron chi connectivity index (χ0n) is 45.5. The van der Waals surface area contributed by atoms with E-state index in [1.54, 1.807) is 0 Å². The number of rotatable bonds is 51. The Kier molecular flexibility index (Phi) is 54.4. The van der Waals surface area contributed by atoms with Gasteiger partial charge in [-0.2, -0.15) is 0 Å². The van der Waals surface area contributed by atoms with E-state index in [2.05, 4.69) is 130 Å². The highest BCUT2D eigenvalue weighted by atomic mass is 16.6. The smallest absolute Gasteiger partial charge is 0.306 e. The Hall–Kier alpha value is -3.93. The average molecular weight is 972 g/mol. The van der Waals surface area contributed by atoms with Crippen LogP contribution >= 0.6 is 0 Å². The lowest BCUT2D eigenvalue weighted by Crippen LogP contribution is -2.30. The van der Waals surface area contributed by atoms with Crippen molar-refractivity contribution in [3.63, 3.8) is 0 Å². The van der Waals surface area contributed by atoms with Gasteiger partial charge in [0.15, 0.2) is 6.10 Å². The zero-order valence-corrected chi connectivity index (χ0v) is 45.5. The number of carbonyl (C=O) groups excluding carboxylic acids is 3. The molecule has 6 heteroatoms. The van der Waals surface area contributed by atoms with Crippen LogP contribution in [0.15, 0.2) is 109 Å². The molecule has 1 atom stereocenters. The minimum absolute atomic E-state index is 0.0958. The lowest BCUT2D eigenvalue weighted by Gasteiger charge is -2.18. The highest BCUT2D eigenvalue weighted by Gasteiger charge is 2.19. The van der Waals surface area contributed by atoms with E-state index in [1.165, 1.54) is 96.3 Å². The van der Waals surface area contributed by atoms with Crippen LogP contribution in [0.2, 0.25) is 0 Å². The molecule has 6 nitrogen and oxygen atoms in total. The number of esters is 3. The van der Waals surface area contributed by atoms with Crippen LogP contribution in [-0.2, 0) is 28.6 Å². The minimum Gasteiger partial charge on any atom is -0.462 e. The molecule has 398 valence electrons. The summed E-state index contributed by atoms with van der Waals surface area (Å²) in [6, 6.07) is 0. The van der Waals surface area contributed by atoms with Crippen molar-refractivity contribution in [2.45, 2.75) is 264 Å². The molecule has 0 heterocycles. The fourth-order valence-corrected chi connectivity index (χ4v) is 7.71. The van der Waals surface area contributed by atoms with Gasteiger partial charge < -0.3 is 14.2 Å². The quantitative estimate of drug-likeness (QED) is 0.0262. The van der Waals surface area contributed by atoms with Crippen molar-refractivity contribution in [1.82, 2.24) is 0 Å². The van der Waals surface area contributed by atoms with Crippen molar-refractivity contribution in [2.75, 3.05) is 13.2 Å². The molecule has 1 unspecified atom stereocenters. The SMILES string of the molecule is CC/C=C\C/C=C\C/C=C\C/C=C\CCCCCC(=O)OCC(COC(=O)CCCCCCCCCCC/C=C\C/C=C\C/C=C\CC)OC(=O)CCCCCCCCC/C=C\C/C=C\CCCCC. The van der Waals surface area contributed by atoms with E-state index in [4.69, 9.17) is 14.2 Å². The first-order valence-corrected chi connectivity index (χ1v) is 28.9. The first-order valence-electron chi connectivity index (χ1n) is 28.9. The van der Waals surface area contributed by atoms with E-state index >= 15 is 0 Å². The molecule has 0 spiro atoms. The molecule has 0 aliphatic carbocycles. The van der Waals surface area contributed by atoms with Crippen LogP contribution in [0.4, 0.5) is 0 Å². The van der Waals surface area contributed by atoms with Gasteiger partial charge >= 0.3 is 17.9 Å². The Morgan fingerprint density at radius 3 is 0.886 bits per heavy atom. The first-order chi connectivity index (χ1) is 34.5. The van der Waals surface area contributed by atoms with Crippen molar-refractivity contribution in [3.05, 3.63) is 109 Å². The molecular weight excluding hydrogens is 865 g/mol. The van der Waals surface area contributed by atoms with Gasteiger partial charge in [0.1, 0.15) is 13.2 Å². The van der Waals surface area contributed by atoms with Gasteiger partial charge in [0, 0.05) is 19.3 Å². The summed E-state index contributed by atoms with van der Waals surface area (Å²) in [5.74, 6) is -0.939. The second-order valence-electron chi connectivity index (χ2n) is 18.8. The fourth-order valence-electron chi connectivity index (χ4n) is 7.71. The van der Waals surface area contributed by atoms with Crippen LogP contribution in [0.5, 0.6) is 0 Å². The molecule has 0 N–H and O–H groups in total. The third-order valence-electron chi connectivity index (χ3n) is 12.0. The molecule has 0 saturated carbocycles. The molecular formula is C64H106O6. The van der Waals surface area contributed by atoms with E-state index in [0.717, 1.165) is 122 Å². The van der Waals surface area contributed by atoms with E-state index < -0.39 is 6.10 Å². The summed E-state index contributed by atoms with van der Waals surface area (Å²) in [4.78, 5) is 38.2. The third kappa shape index (κ3) is 55.0. The predicted molar refractivity (Wildman–Crippen MR) is 302 cm³/mol.